The monoisotopic (exact) mass is 959 g/mol. The van der Waals surface area contributed by atoms with Crippen molar-refractivity contribution in [3.63, 3.8) is 0 Å². The summed E-state index contributed by atoms with van der Waals surface area (Å²) >= 11 is 0. The van der Waals surface area contributed by atoms with E-state index in [1.165, 1.54) is 19.4 Å². The van der Waals surface area contributed by atoms with Crippen molar-refractivity contribution >= 4 is 42.6 Å². The Hall–Kier alpha value is -4.88. The van der Waals surface area contributed by atoms with Gasteiger partial charge in [-0.25, -0.2) is 0 Å². The van der Waals surface area contributed by atoms with Gasteiger partial charge in [0.25, 0.3) is 5.91 Å². The van der Waals surface area contributed by atoms with E-state index < -0.39 is 78.5 Å². The molecule has 17 nitrogen and oxygen atoms in total. The Morgan fingerprint density at radius 3 is 1.91 bits per heavy atom. The van der Waals surface area contributed by atoms with Crippen molar-refractivity contribution in [1.82, 2.24) is 31.9 Å². The van der Waals surface area contributed by atoms with E-state index in [1.54, 1.807) is 12.1 Å². The van der Waals surface area contributed by atoms with Crippen LogP contribution in [-0.4, -0.2) is 115 Å². The first-order chi connectivity index (χ1) is 32.8. The van der Waals surface area contributed by atoms with E-state index >= 15 is 0 Å². The van der Waals surface area contributed by atoms with Gasteiger partial charge in [-0.05, 0) is 151 Å². The second kappa shape index (κ2) is 25.3. The van der Waals surface area contributed by atoms with Gasteiger partial charge in [0, 0.05) is 18.5 Å². The molecule has 2 aromatic rings. The van der Waals surface area contributed by atoms with E-state index in [0.717, 1.165) is 43.2 Å². The Labute approximate surface area is 409 Å². The van der Waals surface area contributed by atoms with Gasteiger partial charge < -0.3 is 57.8 Å². The topological polar surface area (TPSA) is 265 Å². The van der Waals surface area contributed by atoms with Gasteiger partial charge in [-0.1, -0.05) is 63.6 Å². The van der Waals surface area contributed by atoms with Gasteiger partial charge in [-0.15, -0.1) is 0 Å². The van der Waals surface area contributed by atoms with Crippen molar-refractivity contribution in [1.29, 1.82) is 0 Å². The molecule has 0 radical (unpaired) electrons. The number of hydrogen-bond acceptors (Lipinski definition) is 11. The molecule has 18 heteroatoms. The van der Waals surface area contributed by atoms with Gasteiger partial charge in [0.2, 0.25) is 29.5 Å². The highest BCUT2D eigenvalue weighted by molar-refractivity contribution is 6.47. The van der Waals surface area contributed by atoms with Crippen LogP contribution in [0.2, 0.25) is 0 Å². The van der Waals surface area contributed by atoms with Crippen molar-refractivity contribution in [2.75, 3.05) is 19.6 Å². The number of benzene rings is 2. The zero-order valence-corrected chi connectivity index (χ0v) is 41.9. The van der Waals surface area contributed by atoms with E-state index in [-0.39, 0.29) is 43.2 Å². The summed E-state index contributed by atoms with van der Waals surface area (Å²) in [6, 6.07) is 10.9. The maximum Gasteiger partial charge on any atom is 0.481 e. The highest BCUT2D eigenvalue weighted by atomic mass is 16.7. The quantitative estimate of drug-likeness (QED) is 0.0464. The minimum absolute atomic E-state index is 0.00139. The van der Waals surface area contributed by atoms with Crippen LogP contribution in [-0.2, 0) is 39.7 Å². The Morgan fingerprint density at radius 2 is 1.33 bits per heavy atom. The van der Waals surface area contributed by atoms with Gasteiger partial charge in [0.1, 0.15) is 24.2 Å². The lowest BCUT2D eigenvalue weighted by atomic mass is 9.43. The van der Waals surface area contributed by atoms with Crippen molar-refractivity contribution in [2.24, 2.45) is 28.7 Å². The standard InChI is InChI=1S/C51H79BN8O9/c1-8-9-14-34-17-19-35(20-18-34)36-21-23-37(24-22-36)46(64)55-28-25-43(62)58-39(15-10-12-26-53)48(66)60-44(32(3)61)49(67)56-31(2)45(63)59-40(16-11-13-27-54)47(65)57-33(4)52-68-42-30-38-29-41(50(38,5)6)51(42,7)69-52/h17-24,31-33,38-42,44,61H,8-16,25-30,53-54H2,1-7H3,(H,55,64)(H,56,67)(H,57,65)(H,58,62)(H,59,63)(H,60,66)/t31-,32+,33-,38-,39-,40-,41-,42?,44-,51-/m0/s1. The van der Waals surface area contributed by atoms with Crippen LogP contribution in [0.25, 0.3) is 11.1 Å². The second-order valence-corrected chi connectivity index (χ2v) is 20.2. The summed E-state index contributed by atoms with van der Waals surface area (Å²) in [6.45, 7) is 14.1. The molecule has 3 aliphatic carbocycles. The molecular weight excluding hydrogens is 879 g/mol. The first-order valence-corrected chi connectivity index (χ1v) is 25.2. The molecule has 4 fully saturated rings. The van der Waals surface area contributed by atoms with Gasteiger partial charge >= 0.3 is 7.12 Å². The maximum absolute atomic E-state index is 13.7. The number of nitrogens with two attached hydrogens (primary N) is 2. The van der Waals surface area contributed by atoms with Crippen molar-refractivity contribution in [2.45, 2.75) is 173 Å². The fourth-order valence-corrected chi connectivity index (χ4v) is 10.1. The Balaban J connectivity index is 1.11. The lowest BCUT2D eigenvalue weighted by molar-refractivity contribution is -0.199. The largest absolute Gasteiger partial charge is 0.481 e. The molecule has 6 rings (SSSR count). The van der Waals surface area contributed by atoms with Crippen molar-refractivity contribution < 1.29 is 43.2 Å². The van der Waals surface area contributed by atoms with E-state index in [9.17, 15) is 33.9 Å². The van der Waals surface area contributed by atoms with E-state index in [1.807, 2.05) is 19.1 Å². The highest BCUT2D eigenvalue weighted by Crippen LogP contribution is 2.65. The first kappa shape index (κ1) is 55.1. The molecule has 0 spiro atoms. The molecule has 2 aromatic carbocycles. The minimum Gasteiger partial charge on any atom is -0.404 e. The second-order valence-electron chi connectivity index (χ2n) is 20.2. The normalized spacial score (nSPS) is 22.6. The third kappa shape index (κ3) is 14.4. The number of rotatable bonds is 27. The molecular formula is C51H79BN8O9. The fraction of sp³-hybridized carbons (Fsp3) is 0.647. The summed E-state index contributed by atoms with van der Waals surface area (Å²) < 4.78 is 12.9. The number of aliphatic hydroxyl groups excluding tert-OH is 1. The van der Waals surface area contributed by atoms with E-state index in [0.29, 0.717) is 56.2 Å². The van der Waals surface area contributed by atoms with Gasteiger partial charge in [0.15, 0.2) is 0 Å². The molecule has 6 amide bonds. The van der Waals surface area contributed by atoms with Crippen LogP contribution in [0, 0.1) is 17.3 Å². The molecule has 0 aromatic heterocycles. The molecule has 380 valence electrons. The summed E-state index contributed by atoms with van der Waals surface area (Å²) in [7, 11) is -0.661. The number of aliphatic hydroxyl groups is 1. The number of amides is 6. The third-order valence-electron chi connectivity index (χ3n) is 14.6. The zero-order valence-electron chi connectivity index (χ0n) is 41.9. The van der Waals surface area contributed by atoms with Crippen LogP contribution in [0.5, 0.6) is 0 Å². The molecule has 1 saturated heterocycles. The zero-order chi connectivity index (χ0) is 50.5. The van der Waals surface area contributed by atoms with Crippen LogP contribution >= 0.6 is 0 Å². The molecule has 10 atom stereocenters. The number of unbranched alkanes of at least 4 members (excludes halogenated alkanes) is 3. The first-order valence-electron chi connectivity index (χ1n) is 25.2. The smallest absolute Gasteiger partial charge is 0.404 e. The summed E-state index contributed by atoms with van der Waals surface area (Å²) in [5, 5.41) is 27.0. The predicted octanol–water partition coefficient (Wildman–Crippen LogP) is 3.19. The minimum atomic E-state index is -1.50. The summed E-state index contributed by atoms with van der Waals surface area (Å²) in [5.41, 5.74) is 14.9. The van der Waals surface area contributed by atoms with Gasteiger partial charge in [-0.3, -0.25) is 28.8 Å². The Bertz CT molecular complexity index is 2060. The molecule has 3 saturated carbocycles. The van der Waals surface area contributed by atoms with Crippen LogP contribution < -0.4 is 43.4 Å². The Kier molecular flexibility index (Phi) is 20.2. The summed E-state index contributed by atoms with van der Waals surface area (Å²) in [6.07, 6.45) is 6.41. The number of hydrogen-bond donors (Lipinski definition) is 9. The fourth-order valence-electron chi connectivity index (χ4n) is 10.1. The number of nitrogens with one attached hydrogen (secondary N) is 6. The van der Waals surface area contributed by atoms with E-state index in [2.05, 4.69) is 83.9 Å². The van der Waals surface area contributed by atoms with Crippen LogP contribution in [0.3, 0.4) is 0 Å². The van der Waals surface area contributed by atoms with Crippen LogP contribution in [0.1, 0.15) is 135 Å². The number of aryl methyl sites for hydroxylation is 1. The average molecular weight is 959 g/mol. The van der Waals surface area contributed by atoms with E-state index in [4.69, 9.17) is 20.8 Å². The van der Waals surface area contributed by atoms with Gasteiger partial charge in [-0.2, -0.15) is 0 Å². The van der Waals surface area contributed by atoms with Crippen molar-refractivity contribution in [3.05, 3.63) is 59.7 Å². The van der Waals surface area contributed by atoms with Crippen LogP contribution in [0.4, 0.5) is 0 Å². The third-order valence-corrected chi connectivity index (χ3v) is 14.6. The highest BCUT2D eigenvalue weighted by Gasteiger charge is 2.68. The molecule has 4 aliphatic rings. The van der Waals surface area contributed by atoms with Gasteiger partial charge in [0.05, 0.1) is 23.8 Å². The number of carbonyl (C=O) groups excluding carboxylic acids is 6. The summed E-state index contributed by atoms with van der Waals surface area (Å²) in [5.74, 6) is -3.15. The molecule has 1 aliphatic heterocycles. The molecule has 69 heavy (non-hydrogen) atoms. The lowest BCUT2D eigenvalue weighted by Crippen LogP contribution is -2.65. The molecule has 11 N–H and O–H groups in total. The molecule has 1 unspecified atom stereocenters. The summed E-state index contributed by atoms with van der Waals surface area (Å²) in [4.78, 5) is 80.6. The maximum atomic E-state index is 13.7. The molecule has 1 heterocycles. The SMILES string of the molecule is CCCCc1ccc(-c2ccc(C(=O)NCCC(=O)N[C@@H](CCCCN)C(=O)N[C@H](C(=O)N[C@@H](C)C(=O)N[C@@H](CCCCN)C(=O)N[C@@H](C)B3OC4C[C@@H]5C[C@@H](C5(C)C)[C@]4(C)O3)[C@@H](C)O)cc2)cc1. The van der Waals surface area contributed by atoms with Crippen molar-refractivity contribution in [3.8, 4) is 11.1 Å². The Morgan fingerprint density at radius 1 is 0.739 bits per heavy atom. The predicted molar refractivity (Wildman–Crippen MR) is 266 cm³/mol. The number of carbonyl (C=O) groups is 6. The lowest BCUT2D eigenvalue weighted by Gasteiger charge is -2.64. The molecule has 2 bridgehead atoms. The van der Waals surface area contributed by atoms with Crippen LogP contribution in [0.15, 0.2) is 48.5 Å². The average Bonchev–Trinajstić information content (AvgIpc) is 3.69.